The second-order valence-electron chi connectivity index (χ2n) is 6.05. The molecule has 9 heteroatoms. The molecular weight excluding hydrogens is 354 g/mol. The Morgan fingerprint density at radius 3 is 2.33 bits per heavy atom. The molecule has 0 aliphatic carbocycles. The molecule has 2 saturated heterocycles. The summed E-state index contributed by atoms with van der Waals surface area (Å²) in [6.45, 7) is 2.08. The third-order valence-electron chi connectivity index (χ3n) is 4.57. The smallest absolute Gasteiger partial charge is 0.183 e. The zero-order valence-corrected chi connectivity index (χ0v) is 15.1. The Balaban J connectivity index is 1.93. The lowest BCUT2D eigenvalue weighted by Crippen LogP contribution is -2.50. The van der Waals surface area contributed by atoms with Crippen LogP contribution in [0.1, 0.15) is 0 Å². The molecule has 2 fully saturated rings. The first kappa shape index (κ1) is 17.7. The first-order chi connectivity index (χ1) is 11.3. The second-order valence-corrected chi connectivity index (χ2v) is 10.4. The fourth-order valence-electron chi connectivity index (χ4n) is 3.28. The monoisotopic (exact) mass is 375 g/mol. The molecular formula is C15H21NO6S2. The van der Waals surface area contributed by atoms with E-state index in [1.165, 1.54) is 19.2 Å². The van der Waals surface area contributed by atoms with Gasteiger partial charge in [-0.2, -0.15) is 0 Å². The third-order valence-corrected chi connectivity index (χ3v) is 8.71. The number of nitrogens with zero attached hydrogens (tertiary/aromatic N) is 1. The van der Waals surface area contributed by atoms with E-state index in [-0.39, 0.29) is 16.4 Å². The van der Waals surface area contributed by atoms with Crippen molar-refractivity contribution >= 4 is 19.7 Å². The molecule has 0 unspecified atom stereocenters. The lowest BCUT2D eigenvalue weighted by molar-refractivity contribution is 0.0222. The third kappa shape index (κ3) is 3.44. The van der Waals surface area contributed by atoms with Crippen LogP contribution in [-0.4, -0.2) is 77.9 Å². The molecule has 0 saturated carbocycles. The molecule has 0 aromatic heterocycles. The standard InChI is InChI=1S/C15H21NO6S2/c1-21-12-2-4-13(5-3-12)24(19,20)15-11-23(17,18)10-14(15)16-6-8-22-9-7-16/h2-5,14-15H,6-11H2,1H3/t14-,15-/m0/s1. The maximum atomic E-state index is 13.0. The van der Waals surface area contributed by atoms with E-state index in [9.17, 15) is 16.8 Å². The summed E-state index contributed by atoms with van der Waals surface area (Å²) in [6.07, 6.45) is 0. The van der Waals surface area contributed by atoms with Gasteiger partial charge in [0.15, 0.2) is 19.7 Å². The van der Waals surface area contributed by atoms with Gasteiger partial charge in [0.1, 0.15) is 5.75 Å². The Morgan fingerprint density at radius 2 is 1.75 bits per heavy atom. The highest BCUT2D eigenvalue weighted by Gasteiger charge is 2.48. The first-order valence-corrected chi connectivity index (χ1v) is 11.1. The van der Waals surface area contributed by atoms with Crippen molar-refractivity contribution in [2.75, 3.05) is 44.9 Å². The van der Waals surface area contributed by atoms with Gasteiger partial charge >= 0.3 is 0 Å². The van der Waals surface area contributed by atoms with Gasteiger partial charge in [-0.1, -0.05) is 0 Å². The van der Waals surface area contributed by atoms with Crippen LogP contribution in [0.5, 0.6) is 5.75 Å². The van der Waals surface area contributed by atoms with Gasteiger partial charge in [-0.05, 0) is 24.3 Å². The average molecular weight is 375 g/mol. The van der Waals surface area contributed by atoms with Crippen molar-refractivity contribution < 1.29 is 26.3 Å². The molecule has 2 aliphatic rings. The number of hydrogen-bond acceptors (Lipinski definition) is 7. The van der Waals surface area contributed by atoms with Gasteiger partial charge < -0.3 is 9.47 Å². The number of rotatable bonds is 4. The van der Waals surface area contributed by atoms with Gasteiger partial charge in [-0.25, -0.2) is 16.8 Å². The Morgan fingerprint density at radius 1 is 1.12 bits per heavy atom. The number of morpholine rings is 1. The van der Waals surface area contributed by atoms with E-state index in [0.29, 0.717) is 32.1 Å². The fraction of sp³-hybridized carbons (Fsp3) is 0.600. The molecule has 1 aromatic carbocycles. The molecule has 2 heterocycles. The van der Waals surface area contributed by atoms with Gasteiger partial charge in [-0.3, -0.25) is 4.90 Å². The summed E-state index contributed by atoms with van der Waals surface area (Å²) in [6, 6.07) is 5.55. The molecule has 134 valence electrons. The molecule has 1 aromatic rings. The van der Waals surface area contributed by atoms with Gasteiger partial charge in [0, 0.05) is 19.1 Å². The van der Waals surface area contributed by atoms with Crippen LogP contribution in [0.3, 0.4) is 0 Å². The van der Waals surface area contributed by atoms with Crippen LogP contribution in [0.25, 0.3) is 0 Å². The van der Waals surface area contributed by atoms with E-state index >= 15 is 0 Å². The normalized spacial score (nSPS) is 27.9. The molecule has 0 radical (unpaired) electrons. The van der Waals surface area contributed by atoms with Crippen LogP contribution in [-0.2, 0) is 24.4 Å². The summed E-state index contributed by atoms with van der Waals surface area (Å²) in [5.74, 6) is 0.105. The molecule has 2 atom stereocenters. The van der Waals surface area contributed by atoms with Crippen molar-refractivity contribution in [3.05, 3.63) is 24.3 Å². The lowest BCUT2D eigenvalue weighted by Gasteiger charge is -2.34. The number of methoxy groups -OCH3 is 1. The number of benzene rings is 1. The van der Waals surface area contributed by atoms with Crippen molar-refractivity contribution in [2.24, 2.45) is 0 Å². The molecule has 0 amide bonds. The van der Waals surface area contributed by atoms with Gasteiger partial charge in [0.05, 0.1) is 42.0 Å². The lowest BCUT2D eigenvalue weighted by atomic mass is 10.2. The number of ether oxygens (including phenoxy) is 2. The molecule has 24 heavy (non-hydrogen) atoms. The van der Waals surface area contributed by atoms with E-state index in [1.807, 2.05) is 4.90 Å². The highest BCUT2D eigenvalue weighted by atomic mass is 32.2. The maximum absolute atomic E-state index is 13.0. The van der Waals surface area contributed by atoms with E-state index in [0.717, 1.165) is 0 Å². The Kier molecular flexibility index (Phi) is 4.87. The molecule has 3 rings (SSSR count). The van der Waals surface area contributed by atoms with Gasteiger partial charge in [-0.15, -0.1) is 0 Å². The predicted octanol–water partition coefficient (Wildman–Crippen LogP) is -0.0333. The summed E-state index contributed by atoms with van der Waals surface area (Å²) < 4.78 is 60.6. The topological polar surface area (TPSA) is 90.0 Å². The van der Waals surface area contributed by atoms with Crippen LogP contribution in [0.4, 0.5) is 0 Å². The minimum Gasteiger partial charge on any atom is -0.497 e. The summed E-state index contributed by atoms with van der Waals surface area (Å²) in [5, 5.41) is -0.950. The molecule has 2 aliphatic heterocycles. The number of hydrogen-bond donors (Lipinski definition) is 0. The highest BCUT2D eigenvalue weighted by molar-refractivity contribution is 7.96. The van der Waals surface area contributed by atoms with Crippen molar-refractivity contribution in [1.82, 2.24) is 4.90 Å². The predicted molar refractivity (Wildman–Crippen MR) is 88.8 cm³/mol. The molecule has 0 bridgehead atoms. The Bertz CT molecular complexity index is 782. The number of sulfone groups is 2. The quantitative estimate of drug-likeness (QED) is 0.730. The van der Waals surface area contributed by atoms with Crippen molar-refractivity contribution in [1.29, 1.82) is 0 Å². The average Bonchev–Trinajstić information content (AvgIpc) is 2.92. The van der Waals surface area contributed by atoms with E-state index < -0.39 is 31.0 Å². The SMILES string of the molecule is COc1ccc(S(=O)(=O)[C@H]2CS(=O)(=O)C[C@@H]2N2CCOCC2)cc1. The molecule has 0 N–H and O–H groups in total. The Hall–Kier alpha value is -1.16. The Labute approximate surface area is 142 Å². The van der Waals surface area contributed by atoms with Crippen LogP contribution >= 0.6 is 0 Å². The summed E-state index contributed by atoms with van der Waals surface area (Å²) >= 11 is 0. The maximum Gasteiger partial charge on any atom is 0.183 e. The van der Waals surface area contributed by atoms with Crippen molar-refractivity contribution in [3.8, 4) is 5.75 Å². The van der Waals surface area contributed by atoms with Gasteiger partial charge in [0.2, 0.25) is 0 Å². The van der Waals surface area contributed by atoms with Crippen LogP contribution in [0.15, 0.2) is 29.2 Å². The second kappa shape index (κ2) is 6.62. The van der Waals surface area contributed by atoms with Crippen molar-refractivity contribution in [2.45, 2.75) is 16.2 Å². The van der Waals surface area contributed by atoms with Crippen LogP contribution in [0.2, 0.25) is 0 Å². The van der Waals surface area contributed by atoms with Crippen LogP contribution in [0, 0.1) is 0 Å². The summed E-state index contributed by atoms with van der Waals surface area (Å²) in [5.41, 5.74) is 0. The minimum absolute atomic E-state index is 0.118. The zero-order valence-electron chi connectivity index (χ0n) is 13.4. The van der Waals surface area contributed by atoms with E-state index in [1.54, 1.807) is 12.1 Å². The minimum atomic E-state index is -3.75. The first-order valence-electron chi connectivity index (χ1n) is 7.74. The fourth-order valence-corrected chi connectivity index (χ4v) is 8.11. The zero-order chi connectivity index (χ0) is 17.4. The van der Waals surface area contributed by atoms with Gasteiger partial charge in [0.25, 0.3) is 0 Å². The summed E-state index contributed by atoms with van der Waals surface area (Å²) in [7, 11) is -5.63. The van der Waals surface area contributed by atoms with Crippen LogP contribution < -0.4 is 4.74 Å². The highest BCUT2D eigenvalue weighted by Crippen LogP contribution is 2.30. The summed E-state index contributed by atoms with van der Waals surface area (Å²) in [4.78, 5) is 2.06. The largest absolute Gasteiger partial charge is 0.497 e. The van der Waals surface area contributed by atoms with E-state index in [4.69, 9.17) is 9.47 Å². The van der Waals surface area contributed by atoms with Crippen molar-refractivity contribution in [3.63, 3.8) is 0 Å². The molecule has 7 nitrogen and oxygen atoms in total. The molecule has 0 spiro atoms. The van der Waals surface area contributed by atoms with E-state index in [2.05, 4.69) is 0 Å².